The second-order valence-corrected chi connectivity index (χ2v) is 6.56. The van der Waals surface area contributed by atoms with Crippen LogP contribution in [-0.4, -0.2) is 32.4 Å². The third-order valence-corrected chi connectivity index (χ3v) is 4.67. The molecule has 3 aromatic rings. The average Bonchev–Trinajstić information content (AvgIpc) is 3.11. The SMILES string of the molecule is CCOC(=O)C1=C(C)Nc2nc(-c3ccccc3F)nn2C1c1ccc(O)cc1. The largest absolute Gasteiger partial charge is 0.508 e. The number of aromatic nitrogens is 3. The van der Waals surface area contributed by atoms with Gasteiger partial charge in [-0.05, 0) is 43.7 Å². The number of esters is 1. The number of nitrogens with one attached hydrogen (secondary N) is 1. The number of benzene rings is 2. The maximum absolute atomic E-state index is 14.3. The smallest absolute Gasteiger partial charge is 0.338 e. The van der Waals surface area contributed by atoms with Crippen molar-refractivity contribution in [2.45, 2.75) is 19.9 Å². The summed E-state index contributed by atoms with van der Waals surface area (Å²) in [6, 6.07) is 12.1. The Bertz CT molecular complexity index is 1110. The van der Waals surface area contributed by atoms with Crippen molar-refractivity contribution in [2.75, 3.05) is 11.9 Å². The first kappa shape index (κ1) is 18.7. The highest BCUT2D eigenvalue weighted by Crippen LogP contribution is 2.37. The molecule has 0 fully saturated rings. The molecule has 7 nitrogen and oxygen atoms in total. The molecule has 0 amide bonds. The van der Waals surface area contributed by atoms with Crippen molar-refractivity contribution < 1.29 is 19.0 Å². The maximum atomic E-state index is 14.3. The van der Waals surface area contributed by atoms with Crippen LogP contribution in [0.1, 0.15) is 25.5 Å². The minimum absolute atomic E-state index is 0.104. The van der Waals surface area contributed by atoms with Crippen LogP contribution in [0.5, 0.6) is 5.75 Å². The second-order valence-electron chi connectivity index (χ2n) is 6.56. The van der Waals surface area contributed by atoms with Crippen LogP contribution in [-0.2, 0) is 9.53 Å². The first-order chi connectivity index (χ1) is 14.0. The third-order valence-electron chi connectivity index (χ3n) is 4.67. The first-order valence-electron chi connectivity index (χ1n) is 9.15. The van der Waals surface area contributed by atoms with Crippen LogP contribution in [0.15, 0.2) is 59.8 Å². The molecule has 0 aliphatic carbocycles. The molecular weight excluding hydrogens is 375 g/mol. The van der Waals surface area contributed by atoms with Crippen LogP contribution in [0, 0.1) is 5.82 Å². The van der Waals surface area contributed by atoms with Crippen LogP contribution in [0.2, 0.25) is 0 Å². The summed E-state index contributed by atoms with van der Waals surface area (Å²) in [5.74, 6) is -0.234. The summed E-state index contributed by atoms with van der Waals surface area (Å²) in [5.41, 5.74) is 1.91. The predicted molar refractivity (Wildman–Crippen MR) is 105 cm³/mol. The monoisotopic (exact) mass is 394 g/mol. The predicted octanol–water partition coefficient (Wildman–Crippen LogP) is 3.64. The number of fused-ring (bicyclic) bond motifs is 1. The number of carbonyl (C=O) groups excluding carboxylic acids is 1. The zero-order valence-corrected chi connectivity index (χ0v) is 15.9. The molecule has 4 rings (SSSR count). The van der Waals surface area contributed by atoms with E-state index < -0.39 is 17.8 Å². The molecule has 1 unspecified atom stereocenters. The van der Waals surface area contributed by atoms with Crippen molar-refractivity contribution in [3.63, 3.8) is 0 Å². The topological polar surface area (TPSA) is 89.3 Å². The molecule has 0 bridgehead atoms. The Hall–Kier alpha value is -3.68. The number of hydrogen-bond acceptors (Lipinski definition) is 6. The fraction of sp³-hybridized carbons (Fsp3) is 0.190. The van der Waals surface area contributed by atoms with Gasteiger partial charge in [0.25, 0.3) is 0 Å². The van der Waals surface area contributed by atoms with E-state index in [2.05, 4.69) is 15.4 Å². The van der Waals surface area contributed by atoms with Crippen molar-refractivity contribution in [1.82, 2.24) is 14.8 Å². The highest BCUT2D eigenvalue weighted by atomic mass is 19.1. The fourth-order valence-electron chi connectivity index (χ4n) is 3.35. The van der Waals surface area contributed by atoms with E-state index in [9.17, 15) is 14.3 Å². The molecule has 148 valence electrons. The van der Waals surface area contributed by atoms with Gasteiger partial charge in [0.05, 0.1) is 17.7 Å². The minimum atomic E-state index is -0.640. The number of allylic oxidation sites excluding steroid dienone is 1. The highest BCUT2D eigenvalue weighted by Gasteiger charge is 2.35. The summed E-state index contributed by atoms with van der Waals surface area (Å²) < 4.78 is 21.0. The molecule has 1 aliphatic rings. The van der Waals surface area contributed by atoms with Crippen LogP contribution >= 0.6 is 0 Å². The van der Waals surface area contributed by atoms with Crippen molar-refractivity contribution in [2.24, 2.45) is 0 Å². The molecule has 1 atom stereocenters. The number of anilines is 1. The van der Waals surface area contributed by atoms with E-state index >= 15 is 0 Å². The normalized spacial score (nSPS) is 15.6. The van der Waals surface area contributed by atoms with Crippen molar-refractivity contribution in [3.05, 3.63) is 71.2 Å². The van der Waals surface area contributed by atoms with Gasteiger partial charge in [-0.3, -0.25) is 0 Å². The summed E-state index contributed by atoms with van der Waals surface area (Å²) in [6.07, 6.45) is 0. The second kappa shape index (κ2) is 7.38. The average molecular weight is 394 g/mol. The number of aromatic hydroxyl groups is 1. The number of carbonyl (C=O) groups is 1. The first-order valence-corrected chi connectivity index (χ1v) is 9.15. The Kier molecular flexibility index (Phi) is 4.75. The molecule has 2 aromatic carbocycles. The molecule has 2 N–H and O–H groups in total. The summed E-state index contributed by atoms with van der Waals surface area (Å²) in [7, 11) is 0. The van der Waals surface area contributed by atoms with Gasteiger partial charge >= 0.3 is 5.97 Å². The molecule has 0 saturated heterocycles. The molecular formula is C21H19FN4O3. The maximum Gasteiger partial charge on any atom is 0.338 e. The minimum Gasteiger partial charge on any atom is -0.508 e. The summed E-state index contributed by atoms with van der Waals surface area (Å²) in [4.78, 5) is 17.1. The lowest BCUT2D eigenvalue weighted by Gasteiger charge is -2.28. The molecule has 1 aliphatic heterocycles. The van der Waals surface area contributed by atoms with Crippen LogP contribution in [0.3, 0.4) is 0 Å². The third kappa shape index (κ3) is 3.33. The van der Waals surface area contributed by atoms with Crippen LogP contribution < -0.4 is 5.32 Å². The number of nitrogens with zero attached hydrogens (tertiary/aromatic N) is 3. The van der Waals surface area contributed by atoms with E-state index in [1.165, 1.54) is 22.9 Å². The van der Waals surface area contributed by atoms with E-state index in [1.807, 2.05) is 0 Å². The molecule has 0 saturated carbocycles. The lowest BCUT2D eigenvalue weighted by atomic mass is 9.96. The number of ether oxygens (including phenoxy) is 1. The molecule has 0 spiro atoms. The Balaban J connectivity index is 1.88. The van der Waals surface area contributed by atoms with E-state index in [0.717, 1.165) is 0 Å². The number of phenolic OH excluding ortho intramolecular Hbond substituents is 1. The number of rotatable bonds is 4. The lowest BCUT2D eigenvalue weighted by molar-refractivity contribution is -0.139. The van der Waals surface area contributed by atoms with Crippen molar-refractivity contribution in [1.29, 1.82) is 0 Å². The summed E-state index contributed by atoms with van der Waals surface area (Å²) in [6.45, 7) is 3.71. The molecule has 8 heteroatoms. The zero-order chi connectivity index (χ0) is 20.5. The van der Waals surface area contributed by atoms with Crippen LogP contribution in [0.4, 0.5) is 10.3 Å². The van der Waals surface area contributed by atoms with E-state index in [4.69, 9.17) is 4.74 Å². The van der Waals surface area contributed by atoms with Gasteiger partial charge in [-0.15, -0.1) is 5.10 Å². The highest BCUT2D eigenvalue weighted by molar-refractivity contribution is 5.92. The van der Waals surface area contributed by atoms with Gasteiger partial charge in [0.15, 0.2) is 5.82 Å². The van der Waals surface area contributed by atoms with Gasteiger partial charge in [-0.1, -0.05) is 24.3 Å². The quantitative estimate of drug-likeness (QED) is 0.657. The van der Waals surface area contributed by atoms with Gasteiger partial charge < -0.3 is 15.2 Å². The van der Waals surface area contributed by atoms with Crippen molar-refractivity contribution in [3.8, 4) is 17.1 Å². The fourth-order valence-corrected chi connectivity index (χ4v) is 3.35. The van der Waals surface area contributed by atoms with Crippen molar-refractivity contribution >= 4 is 11.9 Å². The lowest BCUT2D eigenvalue weighted by Crippen LogP contribution is -2.29. The van der Waals surface area contributed by atoms with Gasteiger partial charge in [0, 0.05) is 5.70 Å². The van der Waals surface area contributed by atoms with E-state index in [0.29, 0.717) is 22.8 Å². The Labute approximate surface area is 166 Å². The number of hydrogen-bond donors (Lipinski definition) is 2. The van der Waals surface area contributed by atoms with E-state index in [1.54, 1.807) is 44.2 Å². The zero-order valence-electron chi connectivity index (χ0n) is 15.9. The van der Waals surface area contributed by atoms with Gasteiger partial charge in [0.1, 0.15) is 17.6 Å². The Morgan fingerprint density at radius 2 is 1.97 bits per heavy atom. The van der Waals surface area contributed by atoms with Gasteiger partial charge in [0.2, 0.25) is 5.95 Å². The summed E-state index contributed by atoms with van der Waals surface area (Å²) >= 11 is 0. The van der Waals surface area contributed by atoms with Crippen LogP contribution in [0.25, 0.3) is 11.4 Å². The van der Waals surface area contributed by atoms with Gasteiger partial charge in [-0.2, -0.15) is 4.98 Å². The van der Waals surface area contributed by atoms with E-state index in [-0.39, 0.29) is 23.7 Å². The molecule has 29 heavy (non-hydrogen) atoms. The Morgan fingerprint density at radius 3 is 2.66 bits per heavy atom. The Morgan fingerprint density at radius 1 is 1.24 bits per heavy atom. The molecule has 2 heterocycles. The molecule has 0 radical (unpaired) electrons. The standard InChI is InChI=1S/C21H19FN4O3/c1-3-29-20(28)17-12(2)23-21-24-19(15-6-4-5-7-16(15)22)25-26(21)18(17)13-8-10-14(27)11-9-13/h4-11,18,27H,3H2,1-2H3,(H,23,24,25). The number of halogens is 1. The summed E-state index contributed by atoms with van der Waals surface area (Å²) in [5, 5.41) is 17.2. The molecule has 1 aromatic heterocycles. The van der Waals surface area contributed by atoms with Gasteiger partial charge in [-0.25, -0.2) is 13.9 Å². The number of phenols is 1.